The highest BCUT2D eigenvalue weighted by atomic mass is 35.5. The van der Waals surface area contributed by atoms with Gasteiger partial charge in [0.2, 0.25) is 5.91 Å². The minimum Gasteiger partial charge on any atom is -0.331 e. The Morgan fingerprint density at radius 3 is 2.58 bits per heavy atom. The first kappa shape index (κ1) is 25.7. The van der Waals surface area contributed by atoms with Crippen molar-refractivity contribution in [1.82, 2.24) is 24.2 Å². The van der Waals surface area contributed by atoms with Gasteiger partial charge in [-0.15, -0.1) is 0 Å². The van der Waals surface area contributed by atoms with Crippen LogP contribution in [0.2, 0.25) is 5.02 Å². The molecule has 4 rings (SSSR count). The summed E-state index contributed by atoms with van der Waals surface area (Å²) in [5, 5.41) is 4.89. The molecule has 2 N–H and O–H groups in total. The number of amides is 1. The molecule has 0 aliphatic rings. The van der Waals surface area contributed by atoms with Crippen molar-refractivity contribution in [2.75, 3.05) is 13.1 Å². The Balaban J connectivity index is 1.78. The van der Waals surface area contributed by atoms with Gasteiger partial charge in [0.15, 0.2) is 0 Å². The van der Waals surface area contributed by atoms with E-state index < -0.39 is 0 Å². The van der Waals surface area contributed by atoms with E-state index in [0.717, 1.165) is 22.6 Å². The monoisotopic (exact) mass is 504 g/mol. The first-order chi connectivity index (χ1) is 17.5. The van der Waals surface area contributed by atoms with Crippen LogP contribution in [0.25, 0.3) is 11.3 Å². The second-order valence-electron chi connectivity index (χ2n) is 9.23. The Hall–Kier alpha value is -3.42. The number of benzene rings is 2. The van der Waals surface area contributed by atoms with Crippen molar-refractivity contribution in [3.63, 3.8) is 0 Å². The molecule has 0 radical (unpaired) electrons. The van der Waals surface area contributed by atoms with Crippen LogP contribution in [0.1, 0.15) is 37.7 Å². The molecule has 7 nitrogen and oxygen atoms in total. The maximum absolute atomic E-state index is 13.6. The second kappa shape index (κ2) is 12.0. The lowest BCUT2D eigenvalue weighted by molar-refractivity contribution is -0.136. The van der Waals surface area contributed by atoms with Crippen molar-refractivity contribution in [1.29, 1.82) is 0 Å². The van der Waals surface area contributed by atoms with Gasteiger partial charge in [-0.05, 0) is 42.6 Å². The van der Waals surface area contributed by atoms with Crippen LogP contribution in [0.15, 0.2) is 79.3 Å². The summed E-state index contributed by atoms with van der Waals surface area (Å²) in [6, 6.07) is 19.6. The van der Waals surface area contributed by atoms with E-state index in [2.05, 4.69) is 41.8 Å². The van der Waals surface area contributed by atoms with E-state index in [9.17, 15) is 4.79 Å². The highest BCUT2D eigenvalue weighted by Gasteiger charge is 2.32. The largest absolute Gasteiger partial charge is 0.331 e. The number of nitrogens with two attached hydrogens (primary N) is 1. The van der Waals surface area contributed by atoms with Crippen LogP contribution >= 0.6 is 11.6 Å². The molecule has 0 aliphatic heterocycles. The molecule has 0 saturated carbocycles. The molecule has 2 heterocycles. The quantitative estimate of drug-likeness (QED) is 0.311. The summed E-state index contributed by atoms with van der Waals surface area (Å²) < 4.78 is 3.82. The number of carbonyl (C=O) groups excluding carboxylic acids is 1. The van der Waals surface area contributed by atoms with Gasteiger partial charge in [-0.2, -0.15) is 5.10 Å². The summed E-state index contributed by atoms with van der Waals surface area (Å²) in [4.78, 5) is 20.6. The zero-order valence-corrected chi connectivity index (χ0v) is 21.6. The molecule has 0 fully saturated rings. The van der Waals surface area contributed by atoms with Gasteiger partial charge in [0, 0.05) is 42.3 Å². The summed E-state index contributed by atoms with van der Waals surface area (Å²) in [6.45, 7) is 6.11. The van der Waals surface area contributed by atoms with Gasteiger partial charge in [0.25, 0.3) is 0 Å². The minimum atomic E-state index is -0.240. The smallest absolute Gasteiger partial charge is 0.244 e. The van der Waals surface area contributed by atoms with Crippen LogP contribution in [0.5, 0.6) is 0 Å². The van der Waals surface area contributed by atoms with Crippen LogP contribution in [-0.2, 0) is 17.9 Å². The lowest BCUT2D eigenvalue weighted by atomic mass is 10.0. The number of aromatic nitrogens is 4. The van der Waals surface area contributed by atoms with Crippen LogP contribution < -0.4 is 5.73 Å². The average Bonchev–Trinajstić information content (AvgIpc) is 3.52. The first-order valence-corrected chi connectivity index (χ1v) is 12.7. The molecular weight excluding hydrogens is 472 g/mol. The third-order valence-corrected chi connectivity index (χ3v) is 6.37. The Morgan fingerprint density at radius 1 is 1.11 bits per heavy atom. The normalized spacial score (nSPS) is 12.1. The van der Waals surface area contributed by atoms with E-state index in [1.165, 1.54) is 0 Å². The molecule has 0 spiro atoms. The first-order valence-electron chi connectivity index (χ1n) is 12.3. The lowest BCUT2D eigenvalue weighted by Gasteiger charge is -2.34. The predicted molar refractivity (Wildman–Crippen MR) is 143 cm³/mol. The second-order valence-corrected chi connectivity index (χ2v) is 9.67. The zero-order valence-electron chi connectivity index (χ0n) is 20.8. The number of imidazole rings is 1. The topological polar surface area (TPSA) is 82.0 Å². The number of nitrogens with zero attached hydrogens (tertiary/aromatic N) is 5. The van der Waals surface area contributed by atoms with Crippen molar-refractivity contribution < 1.29 is 4.79 Å². The van der Waals surface area contributed by atoms with Crippen molar-refractivity contribution in [2.24, 2.45) is 11.7 Å². The Kier molecular flexibility index (Phi) is 8.57. The molecule has 188 valence electrons. The maximum atomic E-state index is 13.6. The fourth-order valence-corrected chi connectivity index (χ4v) is 4.65. The van der Waals surface area contributed by atoms with E-state index in [4.69, 9.17) is 22.3 Å². The van der Waals surface area contributed by atoms with Gasteiger partial charge in [-0.3, -0.25) is 9.48 Å². The van der Waals surface area contributed by atoms with E-state index in [1.807, 2.05) is 53.4 Å². The van der Waals surface area contributed by atoms with Gasteiger partial charge in [-0.25, -0.2) is 4.98 Å². The summed E-state index contributed by atoms with van der Waals surface area (Å²) in [7, 11) is 0. The molecule has 0 aliphatic carbocycles. The number of rotatable bonds is 11. The van der Waals surface area contributed by atoms with E-state index in [1.54, 1.807) is 17.1 Å². The van der Waals surface area contributed by atoms with Crippen molar-refractivity contribution in [2.45, 2.75) is 39.4 Å². The third kappa shape index (κ3) is 6.22. The van der Waals surface area contributed by atoms with Gasteiger partial charge >= 0.3 is 0 Å². The fourth-order valence-electron chi connectivity index (χ4n) is 4.46. The van der Waals surface area contributed by atoms with Crippen LogP contribution in [0.4, 0.5) is 0 Å². The molecule has 36 heavy (non-hydrogen) atoms. The van der Waals surface area contributed by atoms with Gasteiger partial charge in [-0.1, -0.05) is 67.9 Å². The van der Waals surface area contributed by atoms with Crippen LogP contribution in [0.3, 0.4) is 0 Å². The number of hydrogen-bond acceptors (Lipinski definition) is 4. The Labute approximate surface area is 217 Å². The van der Waals surface area contributed by atoms with Crippen LogP contribution in [-0.4, -0.2) is 43.2 Å². The molecule has 8 heteroatoms. The molecule has 1 unspecified atom stereocenters. The fraction of sp³-hybridized carbons (Fsp3) is 0.321. The van der Waals surface area contributed by atoms with Gasteiger partial charge < -0.3 is 15.2 Å². The molecule has 2 aromatic heterocycles. The SMILES string of the molecule is CC(C)C(c1nc(-c2cccc(Cl)c2)cn1Cc1ccccc1)N(CCCN)C(=O)Cn1cccn1. The van der Waals surface area contributed by atoms with E-state index >= 15 is 0 Å². The Bertz CT molecular complexity index is 1250. The maximum Gasteiger partial charge on any atom is 0.244 e. The molecule has 1 atom stereocenters. The third-order valence-electron chi connectivity index (χ3n) is 6.14. The van der Waals surface area contributed by atoms with Gasteiger partial charge in [0.05, 0.1) is 11.7 Å². The Morgan fingerprint density at radius 2 is 1.92 bits per heavy atom. The predicted octanol–water partition coefficient (Wildman–Crippen LogP) is 5.02. The van der Waals surface area contributed by atoms with Crippen molar-refractivity contribution in [3.05, 3.63) is 95.7 Å². The van der Waals surface area contributed by atoms with E-state index in [-0.39, 0.29) is 24.4 Å². The van der Waals surface area contributed by atoms with E-state index in [0.29, 0.717) is 31.1 Å². The highest BCUT2D eigenvalue weighted by Crippen LogP contribution is 2.32. The zero-order chi connectivity index (χ0) is 25.5. The summed E-state index contributed by atoms with van der Waals surface area (Å²) in [5.74, 6) is 0.951. The molecule has 0 bridgehead atoms. The standard InChI is InChI=1S/C28H33ClN6O/c1-21(2)27(35(16-7-13-30)26(36)20-34-15-8-14-31-34)28-32-25(23-11-6-12-24(29)17-23)19-33(28)18-22-9-4-3-5-10-22/h3-6,8-12,14-15,17,19,21,27H,7,13,16,18,20,30H2,1-2H3. The molecule has 2 aromatic carbocycles. The van der Waals surface area contributed by atoms with Crippen LogP contribution in [0, 0.1) is 5.92 Å². The lowest BCUT2D eigenvalue weighted by Crippen LogP contribution is -2.42. The summed E-state index contributed by atoms with van der Waals surface area (Å²) in [5.41, 5.74) is 8.79. The van der Waals surface area contributed by atoms with Crippen molar-refractivity contribution >= 4 is 17.5 Å². The number of halogens is 1. The number of carbonyl (C=O) groups is 1. The van der Waals surface area contributed by atoms with Gasteiger partial charge in [0.1, 0.15) is 12.4 Å². The molecule has 0 saturated heterocycles. The molecule has 4 aromatic rings. The average molecular weight is 505 g/mol. The molecule has 1 amide bonds. The molecular formula is C28H33ClN6O. The van der Waals surface area contributed by atoms with Crippen molar-refractivity contribution in [3.8, 4) is 11.3 Å². The minimum absolute atomic E-state index is 0.00980. The summed E-state index contributed by atoms with van der Waals surface area (Å²) >= 11 is 6.29. The number of hydrogen-bond donors (Lipinski definition) is 1. The summed E-state index contributed by atoms with van der Waals surface area (Å²) in [6.07, 6.45) is 6.25. The highest BCUT2D eigenvalue weighted by molar-refractivity contribution is 6.30.